The van der Waals surface area contributed by atoms with Crippen molar-refractivity contribution in [3.05, 3.63) is 57.5 Å². The first-order chi connectivity index (χ1) is 15.4. The lowest BCUT2D eigenvalue weighted by atomic mass is 9.78. The Hall–Kier alpha value is -2.75. The van der Waals surface area contributed by atoms with Crippen molar-refractivity contribution in [1.82, 2.24) is 0 Å². The van der Waals surface area contributed by atoms with E-state index in [1.807, 2.05) is 31.2 Å². The molecule has 1 aliphatic rings. The van der Waals surface area contributed by atoms with Gasteiger partial charge in [0.1, 0.15) is 5.75 Å². The summed E-state index contributed by atoms with van der Waals surface area (Å²) in [7, 11) is 1.61. The van der Waals surface area contributed by atoms with E-state index >= 15 is 0 Å². The summed E-state index contributed by atoms with van der Waals surface area (Å²) in [4.78, 5) is 15.8. The molecule has 1 amide bonds. The predicted octanol–water partition coefficient (Wildman–Crippen LogP) is 6.53. The number of nitriles is 1. The van der Waals surface area contributed by atoms with Crippen LogP contribution in [0.15, 0.2) is 40.1 Å². The van der Waals surface area contributed by atoms with Gasteiger partial charge in [0.05, 0.1) is 10.6 Å². The quantitative estimate of drug-likeness (QED) is 0.292. The van der Waals surface area contributed by atoms with Crippen LogP contribution in [0.2, 0.25) is 0 Å². The second kappa shape index (κ2) is 9.24. The number of benzene rings is 2. The van der Waals surface area contributed by atoms with Crippen molar-refractivity contribution in [2.75, 3.05) is 18.8 Å². The number of anilines is 1. The van der Waals surface area contributed by atoms with Crippen LogP contribution in [0.4, 0.5) is 5.69 Å². The van der Waals surface area contributed by atoms with Gasteiger partial charge < -0.3 is 9.47 Å². The smallest absolute Gasteiger partial charge is 0.278 e. The number of carbonyl (C=O) groups is 1. The average molecular weight is 465 g/mol. The van der Waals surface area contributed by atoms with E-state index in [9.17, 15) is 10.1 Å². The maximum Gasteiger partial charge on any atom is 0.278 e. The first-order valence-electron chi connectivity index (χ1n) is 10.9. The molecule has 0 spiro atoms. The Balaban J connectivity index is 2.21. The fourth-order valence-electron chi connectivity index (χ4n) is 3.83. The molecule has 0 N–H and O–H groups in total. The minimum absolute atomic E-state index is 0.161. The molecule has 174 valence electrons. The van der Waals surface area contributed by atoms with Gasteiger partial charge in [-0.3, -0.25) is 4.79 Å². The summed E-state index contributed by atoms with van der Waals surface area (Å²) in [6.07, 6.45) is 3.95. The summed E-state index contributed by atoms with van der Waals surface area (Å²) >= 11 is 1.41. The van der Waals surface area contributed by atoms with Crippen molar-refractivity contribution in [2.45, 2.75) is 64.2 Å². The standard InChI is InChI=1S/C27H32N2O3S/c1-17-10-9-11-21-23(17)29(15-28)25(30)22(33-21)14-18-12-19(26(2,3)4)24(32-16-31-8)20(13-18)27(5,6)7/h9-14H,16H2,1-8H3. The first-order valence-corrected chi connectivity index (χ1v) is 11.7. The van der Waals surface area contributed by atoms with E-state index in [1.165, 1.54) is 16.7 Å². The Morgan fingerprint density at radius 2 is 1.70 bits per heavy atom. The number of hydrogen-bond donors (Lipinski definition) is 0. The lowest BCUT2D eigenvalue weighted by Gasteiger charge is -2.30. The molecule has 33 heavy (non-hydrogen) atoms. The maximum absolute atomic E-state index is 13.2. The number of fused-ring (bicyclic) bond motifs is 1. The van der Waals surface area contributed by atoms with E-state index in [2.05, 4.69) is 59.9 Å². The molecule has 0 bridgehead atoms. The van der Waals surface area contributed by atoms with Crippen molar-refractivity contribution < 1.29 is 14.3 Å². The minimum atomic E-state index is -0.307. The first kappa shape index (κ1) is 24.9. The Kier molecular flexibility index (Phi) is 6.97. The van der Waals surface area contributed by atoms with Crippen LogP contribution in [0.5, 0.6) is 5.75 Å². The van der Waals surface area contributed by atoms with E-state index in [-0.39, 0.29) is 23.5 Å². The third-order valence-corrected chi connectivity index (χ3v) is 6.57. The number of hydrogen-bond acceptors (Lipinski definition) is 5. The van der Waals surface area contributed by atoms with Crippen molar-refractivity contribution in [3.8, 4) is 11.9 Å². The number of thioether (sulfide) groups is 1. The van der Waals surface area contributed by atoms with Crippen molar-refractivity contribution in [2.24, 2.45) is 0 Å². The normalized spacial score (nSPS) is 15.4. The molecule has 0 aromatic heterocycles. The van der Waals surface area contributed by atoms with Crippen LogP contribution >= 0.6 is 11.8 Å². The molecule has 1 aliphatic heterocycles. The number of carbonyl (C=O) groups excluding carboxylic acids is 1. The zero-order chi connectivity index (χ0) is 24.6. The van der Waals surface area contributed by atoms with Crippen LogP contribution in [-0.4, -0.2) is 19.8 Å². The largest absolute Gasteiger partial charge is 0.467 e. The van der Waals surface area contributed by atoms with Crippen LogP contribution < -0.4 is 9.64 Å². The molecule has 0 unspecified atom stereocenters. The summed E-state index contributed by atoms with van der Waals surface area (Å²) in [5.74, 6) is 0.514. The molecule has 0 aliphatic carbocycles. The van der Waals surface area contributed by atoms with Gasteiger partial charge in [-0.2, -0.15) is 5.26 Å². The van der Waals surface area contributed by atoms with E-state index in [0.29, 0.717) is 10.6 Å². The molecule has 5 nitrogen and oxygen atoms in total. The molecule has 0 fully saturated rings. The van der Waals surface area contributed by atoms with Gasteiger partial charge in [0.2, 0.25) is 0 Å². The molecule has 2 aromatic rings. The van der Waals surface area contributed by atoms with Gasteiger partial charge in [0, 0.05) is 23.1 Å². The summed E-state index contributed by atoms with van der Waals surface area (Å²) < 4.78 is 11.3. The van der Waals surface area contributed by atoms with E-state index in [1.54, 1.807) is 7.11 Å². The average Bonchev–Trinajstić information content (AvgIpc) is 2.72. The Bertz CT molecular complexity index is 1110. The van der Waals surface area contributed by atoms with Gasteiger partial charge in [-0.15, -0.1) is 0 Å². The number of ether oxygens (including phenoxy) is 2. The summed E-state index contributed by atoms with van der Waals surface area (Å²) in [6, 6.07) is 9.95. The lowest BCUT2D eigenvalue weighted by Crippen LogP contribution is -2.30. The highest BCUT2D eigenvalue weighted by molar-refractivity contribution is 8.04. The van der Waals surface area contributed by atoms with Gasteiger partial charge in [-0.25, -0.2) is 4.90 Å². The molecule has 3 rings (SSSR count). The monoisotopic (exact) mass is 464 g/mol. The highest BCUT2D eigenvalue weighted by atomic mass is 32.2. The van der Waals surface area contributed by atoms with E-state index < -0.39 is 0 Å². The molecule has 2 aromatic carbocycles. The topological polar surface area (TPSA) is 62.6 Å². The van der Waals surface area contributed by atoms with Gasteiger partial charge in [-0.1, -0.05) is 65.4 Å². The van der Waals surface area contributed by atoms with Crippen molar-refractivity contribution >= 4 is 29.4 Å². The molecule has 0 radical (unpaired) electrons. The van der Waals surface area contributed by atoms with Gasteiger partial charge in [0.25, 0.3) is 5.91 Å². The third-order valence-electron chi connectivity index (χ3n) is 5.50. The zero-order valence-electron chi connectivity index (χ0n) is 20.7. The van der Waals surface area contributed by atoms with Crippen LogP contribution in [0.3, 0.4) is 0 Å². The third kappa shape index (κ3) is 5.10. The van der Waals surface area contributed by atoms with Crippen LogP contribution in [0.25, 0.3) is 6.08 Å². The zero-order valence-corrected chi connectivity index (χ0v) is 21.5. The minimum Gasteiger partial charge on any atom is -0.467 e. The Labute approximate surface area is 201 Å². The fraction of sp³-hybridized carbons (Fsp3) is 0.407. The predicted molar refractivity (Wildman–Crippen MR) is 134 cm³/mol. The highest BCUT2D eigenvalue weighted by Crippen LogP contribution is 2.45. The van der Waals surface area contributed by atoms with Crippen LogP contribution in [0.1, 0.15) is 63.8 Å². The van der Waals surface area contributed by atoms with Crippen LogP contribution in [0, 0.1) is 18.4 Å². The highest BCUT2D eigenvalue weighted by Gasteiger charge is 2.32. The summed E-state index contributed by atoms with van der Waals surface area (Å²) in [6.45, 7) is 14.9. The second-order valence-electron chi connectivity index (χ2n) is 10.3. The number of aryl methyl sites for hydroxylation is 1. The number of rotatable bonds is 4. The molecule has 0 atom stereocenters. The van der Waals surface area contributed by atoms with Gasteiger partial charge in [-0.05, 0) is 53.2 Å². The molecular weight excluding hydrogens is 432 g/mol. The molecular formula is C27H32N2O3S. The van der Waals surface area contributed by atoms with Crippen molar-refractivity contribution in [1.29, 1.82) is 5.26 Å². The second-order valence-corrected chi connectivity index (χ2v) is 11.4. The SMILES string of the molecule is COCOc1c(C(C)(C)C)cc(C=C2Sc3cccc(C)c3N(C#N)C2=O)cc1C(C)(C)C. The summed E-state index contributed by atoms with van der Waals surface area (Å²) in [5, 5.41) is 9.73. The van der Waals surface area contributed by atoms with Crippen molar-refractivity contribution in [3.63, 3.8) is 0 Å². The number of nitrogens with zero attached hydrogens (tertiary/aromatic N) is 2. The summed E-state index contributed by atoms with van der Waals surface area (Å²) in [5.41, 5.74) is 4.17. The molecule has 0 saturated heterocycles. The molecule has 1 heterocycles. The lowest BCUT2D eigenvalue weighted by molar-refractivity contribution is -0.113. The van der Waals surface area contributed by atoms with Gasteiger partial charge in [0.15, 0.2) is 13.0 Å². The van der Waals surface area contributed by atoms with E-state index in [4.69, 9.17) is 9.47 Å². The molecule has 6 heteroatoms. The molecule has 0 saturated carbocycles. The Morgan fingerprint density at radius 1 is 1.09 bits per heavy atom. The fourth-order valence-corrected chi connectivity index (χ4v) is 4.94. The van der Waals surface area contributed by atoms with Gasteiger partial charge >= 0.3 is 0 Å². The van der Waals surface area contributed by atoms with Crippen LogP contribution in [-0.2, 0) is 20.4 Å². The number of amides is 1. The van der Waals surface area contributed by atoms with E-state index in [0.717, 1.165) is 32.9 Å². The number of para-hydroxylation sites is 1. The Morgan fingerprint density at radius 3 is 2.21 bits per heavy atom. The maximum atomic E-state index is 13.2. The number of methoxy groups -OCH3 is 1.